The van der Waals surface area contributed by atoms with Gasteiger partial charge in [-0.1, -0.05) is 0 Å². The van der Waals surface area contributed by atoms with Crippen molar-refractivity contribution >= 4 is 5.97 Å². The van der Waals surface area contributed by atoms with Gasteiger partial charge in [-0.05, 0) is 6.92 Å². The second kappa shape index (κ2) is 4.59. The molecule has 1 heterocycles. The van der Waals surface area contributed by atoms with Gasteiger partial charge in [0.05, 0.1) is 12.4 Å². The van der Waals surface area contributed by atoms with Crippen LogP contribution in [0.15, 0.2) is 12.4 Å². The first-order chi connectivity index (χ1) is 6.65. The lowest BCUT2D eigenvalue weighted by Gasteiger charge is -2.04. The summed E-state index contributed by atoms with van der Waals surface area (Å²) in [6.45, 7) is 0.862. The predicted octanol–water partition coefficient (Wildman–Crippen LogP) is 0.877. The van der Waals surface area contributed by atoms with E-state index in [0.717, 1.165) is 0 Å². The van der Waals surface area contributed by atoms with Crippen LogP contribution in [0, 0.1) is 0 Å². The second-order valence-electron chi connectivity index (χ2n) is 2.71. The van der Waals surface area contributed by atoms with E-state index in [4.69, 9.17) is 9.84 Å². The molecule has 0 aliphatic rings. The predicted molar refractivity (Wildman–Crippen MR) is 46.0 cm³/mol. The largest absolute Gasteiger partial charge is 0.488 e. The van der Waals surface area contributed by atoms with Crippen LogP contribution >= 0.6 is 0 Å². The standard InChI is InChI=1S/C8H11FN2O3/c1-6(8(12)13)11-5-7(4-10-11)14-3-2-9/h4-6H,2-3H2,1H3,(H,12,13). The highest BCUT2D eigenvalue weighted by atomic mass is 19.1. The Morgan fingerprint density at radius 2 is 2.57 bits per heavy atom. The van der Waals surface area contributed by atoms with Crippen molar-refractivity contribution in [1.82, 2.24) is 9.78 Å². The zero-order valence-corrected chi connectivity index (χ0v) is 7.68. The van der Waals surface area contributed by atoms with Crippen LogP contribution in [0.4, 0.5) is 4.39 Å². The Labute approximate surface area is 80.1 Å². The molecule has 0 radical (unpaired) electrons. The van der Waals surface area contributed by atoms with Crippen molar-refractivity contribution in [3.05, 3.63) is 12.4 Å². The Balaban J connectivity index is 2.63. The molecule has 0 bridgehead atoms. The molecule has 0 aliphatic carbocycles. The van der Waals surface area contributed by atoms with Gasteiger partial charge in [0, 0.05) is 0 Å². The third kappa shape index (κ3) is 2.45. The summed E-state index contributed by atoms with van der Waals surface area (Å²) in [7, 11) is 0. The summed E-state index contributed by atoms with van der Waals surface area (Å²) in [5.74, 6) is -0.610. The molecule has 0 aliphatic heterocycles. The van der Waals surface area contributed by atoms with Gasteiger partial charge < -0.3 is 9.84 Å². The Bertz CT molecular complexity index is 313. The maximum atomic E-state index is 11.7. The molecule has 1 aromatic rings. The summed E-state index contributed by atoms with van der Waals surface area (Å²) >= 11 is 0. The van der Waals surface area contributed by atoms with E-state index >= 15 is 0 Å². The van der Waals surface area contributed by atoms with Crippen LogP contribution in [-0.4, -0.2) is 34.1 Å². The number of rotatable bonds is 5. The molecule has 0 saturated heterocycles. The van der Waals surface area contributed by atoms with Crippen LogP contribution in [0.25, 0.3) is 0 Å². The molecule has 78 valence electrons. The van der Waals surface area contributed by atoms with Crippen LogP contribution in [0.5, 0.6) is 5.75 Å². The van der Waals surface area contributed by atoms with E-state index in [0.29, 0.717) is 5.75 Å². The topological polar surface area (TPSA) is 64.3 Å². The van der Waals surface area contributed by atoms with Gasteiger partial charge in [0.1, 0.15) is 19.3 Å². The monoisotopic (exact) mass is 202 g/mol. The molecule has 1 unspecified atom stereocenters. The van der Waals surface area contributed by atoms with Crippen molar-refractivity contribution in [2.75, 3.05) is 13.3 Å². The average Bonchev–Trinajstić information content (AvgIpc) is 2.61. The first-order valence-electron chi connectivity index (χ1n) is 4.11. The third-order valence-electron chi connectivity index (χ3n) is 1.68. The normalized spacial score (nSPS) is 12.4. The van der Waals surface area contributed by atoms with Gasteiger partial charge in [0.2, 0.25) is 0 Å². The number of carbonyl (C=O) groups is 1. The van der Waals surface area contributed by atoms with Crippen molar-refractivity contribution in [3.63, 3.8) is 0 Å². The van der Waals surface area contributed by atoms with Crippen molar-refractivity contribution in [2.24, 2.45) is 0 Å². The summed E-state index contributed by atoms with van der Waals surface area (Å²) in [6.07, 6.45) is 2.78. The van der Waals surface area contributed by atoms with Crippen LogP contribution < -0.4 is 4.74 Å². The lowest BCUT2D eigenvalue weighted by Crippen LogP contribution is -2.15. The minimum atomic E-state index is -0.981. The lowest BCUT2D eigenvalue weighted by molar-refractivity contribution is -0.140. The van der Waals surface area contributed by atoms with Gasteiger partial charge in [-0.15, -0.1) is 0 Å². The molecule has 14 heavy (non-hydrogen) atoms. The van der Waals surface area contributed by atoms with Crippen molar-refractivity contribution in [3.8, 4) is 5.75 Å². The molecular weight excluding hydrogens is 191 g/mol. The van der Waals surface area contributed by atoms with E-state index in [1.54, 1.807) is 0 Å². The number of ether oxygens (including phenoxy) is 1. The van der Waals surface area contributed by atoms with E-state index in [1.807, 2.05) is 0 Å². The van der Waals surface area contributed by atoms with Gasteiger partial charge in [-0.2, -0.15) is 5.10 Å². The lowest BCUT2D eigenvalue weighted by atomic mass is 10.3. The van der Waals surface area contributed by atoms with Gasteiger partial charge in [0.15, 0.2) is 5.75 Å². The fraction of sp³-hybridized carbons (Fsp3) is 0.500. The SMILES string of the molecule is CC(C(=O)O)n1cc(OCCF)cn1. The number of hydrogen-bond donors (Lipinski definition) is 1. The number of hydrogen-bond acceptors (Lipinski definition) is 3. The molecule has 0 amide bonds. The summed E-state index contributed by atoms with van der Waals surface area (Å²) in [4.78, 5) is 10.6. The zero-order valence-electron chi connectivity index (χ0n) is 7.68. The van der Waals surface area contributed by atoms with E-state index in [1.165, 1.54) is 24.0 Å². The highest BCUT2D eigenvalue weighted by Crippen LogP contribution is 2.12. The molecule has 0 aromatic carbocycles. The quantitative estimate of drug-likeness (QED) is 0.769. The Morgan fingerprint density at radius 3 is 3.14 bits per heavy atom. The van der Waals surface area contributed by atoms with E-state index in [2.05, 4.69) is 5.10 Å². The molecule has 6 heteroatoms. The number of alkyl halides is 1. The van der Waals surface area contributed by atoms with Gasteiger partial charge in [-0.25, -0.2) is 9.18 Å². The Morgan fingerprint density at radius 1 is 1.86 bits per heavy atom. The fourth-order valence-corrected chi connectivity index (χ4v) is 0.877. The van der Waals surface area contributed by atoms with Crippen molar-refractivity contribution < 1.29 is 19.0 Å². The summed E-state index contributed by atoms with van der Waals surface area (Å²) in [5.41, 5.74) is 0. The summed E-state index contributed by atoms with van der Waals surface area (Å²) in [6, 6.07) is -0.752. The first-order valence-corrected chi connectivity index (χ1v) is 4.11. The van der Waals surface area contributed by atoms with Crippen LogP contribution in [0.1, 0.15) is 13.0 Å². The van der Waals surface area contributed by atoms with E-state index < -0.39 is 18.7 Å². The number of nitrogens with zero attached hydrogens (tertiary/aromatic N) is 2. The van der Waals surface area contributed by atoms with E-state index in [9.17, 15) is 9.18 Å². The van der Waals surface area contributed by atoms with Gasteiger partial charge >= 0.3 is 5.97 Å². The number of halogens is 1. The van der Waals surface area contributed by atoms with E-state index in [-0.39, 0.29) is 6.61 Å². The zero-order chi connectivity index (χ0) is 10.6. The smallest absolute Gasteiger partial charge is 0.328 e. The van der Waals surface area contributed by atoms with Gasteiger partial charge in [-0.3, -0.25) is 4.68 Å². The molecule has 1 atom stereocenters. The Hall–Kier alpha value is -1.59. The molecule has 0 fully saturated rings. The molecule has 1 rings (SSSR count). The summed E-state index contributed by atoms with van der Waals surface area (Å²) in [5, 5.41) is 12.4. The van der Waals surface area contributed by atoms with Crippen LogP contribution in [0.3, 0.4) is 0 Å². The number of aliphatic carboxylic acids is 1. The first kappa shape index (κ1) is 10.5. The minimum Gasteiger partial charge on any atom is -0.488 e. The fourth-order valence-electron chi connectivity index (χ4n) is 0.877. The van der Waals surface area contributed by atoms with Gasteiger partial charge in [0.25, 0.3) is 0 Å². The van der Waals surface area contributed by atoms with Crippen LogP contribution in [-0.2, 0) is 4.79 Å². The molecule has 0 spiro atoms. The summed E-state index contributed by atoms with van der Waals surface area (Å²) < 4.78 is 17.9. The highest BCUT2D eigenvalue weighted by molar-refractivity contribution is 5.71. The van der Waals surface area contributed by atoms with Crippen molar-refractivity contribution in [2.45, 2.75) is 13.0 Å². The second-order valence-corrected chi connectivity index (χ2v) is 2.71. The van der Waals surface area contributed by atoms with Crippen molar-refractivity contribution in [1.29, 1.82) is 0 Å². The highest BCUT2D eigenvalue weighted by Gasteiger charge is 2.14. The number of carboxylic acids is 1. The molecule has 0 saturated carbocycles. The molecule has 5 nitrogen and oxygen atoms in total. The van der Waals surface area contributed by atoms with Crippen LogP contribution in [0.2, 0.25) is 0 Å². The third-order valence-corrected chi connectivity index (χ3v) is 1.68. The average molecular weight is 202 g/mol. The maximum Gasteiger partial charge on any atom is 0.328 e. The maximum absolute atomic E-state index is 11.7. The Kier molecular flexibility index (Phi) is 3.44. The number of carboxylic acid groups (broad SMARTS) is 1. The minimum absolute atomic E-state index is 0.0485. The number of aromatic nitrogens is 2. The molecule has 1 aromatic heterocycles. The molecular formula is C8H11FN2O3. The molecule has 1 N–H and O–H groups in total.